The van der Waals surface area contributed by atoms with Crippen molar-refractivity contribution in [3.8, 4) is 5.69 Å². The number of aromatic nitrogens is 6. The number of ether oxygens (including phenoxy) is 1. The fourth-order valence-electron chi connectivity index (χ4n) is 3.94. The minimum Gasteiger partial charge on any atom is -0.452 e. The Labute approximate surface area is 245 Å². The number of tetrazole rings is 1. The van der Waals surface area contributed by atoms with Crippen molar-refractivity contribution < 1.29 is 32.3 Å². The summed E-state index contributed by atoms with van der Waals surface area (Å²) in [6.07, 6.45) is -5.94. The zero-order valence-corrected chi connectivity index (χ0v) is 23.6. The minimum absolute atomic E-state index is 0.0154. The van der Waals surface area contributed by atoms with Gasteiger partial charge in [0.15, 0.2) is 5.78 Å². The Hall–Kier alpha value is -4.50. The Kier molecular flexibility index (Phi) is 8.82. The fourth-order valence-corrected chi connectivity index (χ4v) is 4.43. The molecule has 0 radical (unpaired) electrons. The van der Waals surface area contributed by atoms with E-state index < -0.39 is 29.8 Å². The van der Waals surface area contributed by atoms with E-state index in [-0.39, 0.29) is 40.0 Å². The number of halogens is 5. The van der Waals surface area contributed by atoms with Crippen LogP contribution in [0.25, 0.3) is 5.69 Å². The van der Waals surface area contributed by atoms with Crippen LogP contribution in [0.2, 0.25) is 10.0 Å². The molecule has 0 atom stereocenters. The number of Topliss-reactive ketones (excluding diaryl/α,β-unsaturated/α-hetero) is 1. The molecule has 220 valence electrons. The first kappa shape index (κ1) is 30.5. The van der Waals surface area contributed by atoms with Gasteiger partial charge < -0.3 is 4.74 Å². The summed E-state index contributed by atoms with van der Waals surface area (Å²) in [6, 6.07) is 10.8. The molecule has 2 amide bonds. The second-order valence-electron chi connectivity index (χ2n) is 8.84. The van der Waals surface area contributed by atoms with Crippen LogP contribution in [0, 0.1) is 6.92 Å². The van der Waals surface area contributed by atoms with E-state index in [1.165, 1.54) is 23.9 Å². The van der Waals surface area contributed by atoms with Crippen molar-refractivity contribution in [3.63, 3.8) is 0 Å². The maximum Gasteiger partial charge on any atom is 0.455 e. The summed E-state index contributed by atoms with van der Waals surface area (Å²) in [5.41, 5.74) is 3.67. The number of carbonyl (C=O) groups excluding carboxylic acids is 3. The number of benzene rings is 2. The maximum absolute atomic E-state index is 13.8. The molecule has 1 N–H and O–H groups in total. The molecule has 0 unspecified atom stereocenters. The molecular weight excluding hydrogens is 604 g/mol. The number of methoxy groups -OCH3 is 1. The van der Waals surface area contributed by atoms with E-state index in [2.05, 4.69) is 30.7 Å². The summed E-state index contributed by atoms with van der Waals surface area (Å²) in [4.78, 5) is 39.3. The van der Waals surface area contributed by atoms with Gasteiger partial charge in [0, 0.05) is 24.1 Å². The van der Waals surface area contributed by atoms with E-state index in [1.807, 2.05) is 0 Å². The van der Waals surface area contributed by atoms with Crippen molar-refractivity contribution in [2.75, 3.05) is 14.2 Å². The van der Waals surface area contributed by atoms with Crippen molar-refractivity contribution in [1.82, 2.24) is 40.4 Å². The lowest BCUT2D eigenvalue weighted by molar-refractivity contribution is -0.145. The molecule has 0 saturated heterocycles. The van der Waals surface area contributed by atoms with Crippen molar-refractivity contribution in [2.45, 2.75) is 26.1 Å². The number of para-hydroxylation sites is 1. The van der Waals surface area contributed by atoms with Crippen molar-refractivity contribution in [3.05, 3.63) is 86.4 Å². The molecule has 0 saturated carbocycles. The molecule has 0 aliphatic heterocycles. The lowest BCUT2D eigenvalue weighted by Crippen LogP contribution is -2.43. The molecule has 0 fully saturated rings. The average Bonchev–Trinajstić information content (AvgIpc) is 3.57. The van der Waals surface area contributed by atoms with E-state index in [0.29, 0.717) is 21.6 Å². The van der Waals surface area contributed by atoms with Crippen molar-refractivity contribution in [1.29, 1.82) is 0 Å². The van der Waals surface area contributed by atoms with Crippen LogP contribution in [-0.2, 0) is 23.9 Å². The molecule has 0 aliphatic carbocycles. The zero-order chi connectivity index (χ0) is 30.8. The normalized spacial score (nSPS) is 11.3. The van der Waals surface area contributed by atoms with Gasteiger partial charge in [-0.15, -0.1) is 10.2 Å². The third-order valence-electron chi connectivity index (χ3n) is 5.87. The standard InChI is InChI=1S/C25H21Cl2F3N8O4/c1-13-8-14(26)9-17(22(40)33-36(2)24(41)42-3)16(13)11-21(39)20-10-15(12-37-34-23(31-35-37)25(28,29)30)32-38(20)19-7-5-4-6-18(19)27/h4-10H,11-12H2,1-3H3,(H,33,40). The molecule has 0 spiro atoms. The number of ketones is 1. The predicted octanol–water partition coefficient (Wildman–Crippen LogP) is 4.31. The summed E-state index contributed by atoms with van der Waals surface area (Å²) < 4.78 is 44.7. The minimum atomic E-state index is -4.79. The van der Waals surface area contributed by atoms with Crippen LogP contribution in [-0.4, -0.2) is 66.9 Å². The van der Waals surface area contributed by atoms with Crippen LogP contribution in [0.15, 0.2) is 42.5 Å². The highest BCUT2D eigenvalue weighted by atomic mass is 35.5. The number of carbonyl (C=O) groups is 3. The average molecular weight is 625 g/mol. The van der Waals surface area contributed by atoms with E-state index in [0.717, 1.165) is 12.1 Å². The number of hydrogen-bond acceptors (Lipinski definition) is 8. The molecule has 42 heavy (non-hydrogen) atoms. The Morgan fingerprint density at radius 1 is 1.10 bits per heavy atom. The lowest BCUT2D eigenvalue weighted by atomic mass is 9.95. The molecule has 2 aromatic heterocycles. The summed E-state index contributed by atoms with van der Waals surface area (Å²) in [7, 11) is 2.42. The van der Waals surface area contributed by atoms with Crippen LogP contribution in [0.1, 0.15) is 43.5 Å². The smallest absolute Gasteiger partial charge is 0.452 e. The van der Waals surface area contributed by atoms with Crippen molar-refractivity contribution in [2.24, 2.45) is 0 Å². The molecular formula is C25H21Cl2F3N8O4. The molecule has 12 nitrogen and oxygen atoms in total. The van der Waals surface area contributed by atoms with Crippen LogP contribution in [0.3, 0.4) is 0 Å². The topological polar surface area (TPSA) is 137 Å². The highest BCUT2D eigenvalue weighted by Gasteiger charge is 2.37. The Morgan fingerprint density at radius 3 is 2.45 bits per heavy atom. The maximum atomic E-state index is 13.8. The molecule has 17 heteroatoms. The van der Waals surface area contributed by atoms with Gasteiger partial charge in [0.25, 0.3) is 11.7 Å². The molecule has 2 aromatic carbocycles. The van der Waals surface area contributed by atoms with Gasteiger partial charge in [-0.3, -0.25) is 15.0 Å². The quantitative estimate of drug-likeness (QED) is 0.237. The number of hydrogen-bond donors (Lipinski definition) is 1. The number of nitrogens with one attached hydrogen (secondary N) is 1. The number of rotatable bonds is 7. The first-order valence-corrected chi connectivity index (χ1v) is 12.7. The fraction of sp³-hybridized carbons (Fsp3) is 0.240. The number of hydrazine groups is 1. The largest absolute Gasteiger partial charge is 0.455 e. The third kappa shape index (κ3) is 6.69. The summed E-state index contributed by atoms with van der Waals surface area (Å²) in [5.74, 6) is -2.67. The van der Waals surface area contributed by atoms with Gasteiger partial charge in [-0.2, -0.15) is 23.1 Å². The van der Waals surface area contributed by atoms with E-state index in [9.17, 15) is 27.6 Å². The van der Waals surface area contributed by atoms with Gasteiger partial charge in [-0.1, -0.05) is 35.3 Å². The molecule has 0 aliphatic rings. The second kappa shape index (κ2) is 12.2. The number of nitrogens with zero attached hydrogens (tertiary/aromatic N) is 7. The second-order valence-corrected chi connectivity index (χ2v) is 9.69. The highest BCUT2D eigenvalue weighted by molar-refractivity contribution is 6.32. The predicted molar refractivity (Wildman–Crippen MR) is 142 cm³/mol. The lowest BCUT2D eigenvalue weighted by Gasteiger charge is -2.19. The first-order chi connectivity index (χ1) is 19.8. The van der Waals surface area contributed by atoms with Gasteiger partial charge in [0.2, 0.25) is 0 Å². The van der Waals surface area contributed by atoms with Gasteiger partial charge >= 0.3 is 12.3 Å². The summed E-state index contributed by atoms with van der Waals surface area (Å²) in [6.45, 7) is 1.31. The van der Waals surface area contributed by atoms with E-state index in [4.69, 9.17) is 23.2 Å². The molecule has 4 rings (SSSR count). The van der Waals surface area contributed by atoms with Crippen LogP contribution in [0.4, 0.5) is 18.0 Å². The number of alkyl halides is 3. The third-order valence-corrected chi connectivity index (χ3v) is 6.41. The van der Waals surface area contributed by atoms with Crippen molar-refractivity contribution >= 4 is 41.0 Å². The summed E-state index contributed by atoms with van der Waals surface area (Å²) >= 11 is 12.6. The summed E-state index contributed by atoms with van der Waals surface area (Å²) in [5, 5.41) is 15.4. The number of aryl methyl sites for hydroxylation is 1. The zero-order valence-electron chi connectivity index (χ0n) is 22.1. The van der Waals surface area contributed by atoms with Gasteiger partial charge in [-0.25, -0.2) is 14.5 Å². The van der Waals surface area contributed by atoms with E-state index in [1.54, 1.807) is 37.3 Å². The van der Waals surface area contributed by atoms with Crippen LogP contribution >= 0.6 is 23.2 Å². The number of amides is 2. The first-order valence-electron chi connectivity index (χ1n) is 11.9. The van der Waals surface area contributed by atoms with E-state index >= 15 is 0 Å². The Morgan fingerprint density at radius 2 is 1.81 bits per heavy atom. The Balaban J connectivity index is 1.72. The van der Waals surface area contributed by atoms with Gasteiger partial charge in [-0.05, 0) is 53.6 Å². The molecule has 0 bridgehead atoms. The monoisotopic (exact) mass is 624 g/mol. The highest BCUT2D eigenvalue weighted by Crippen LogP contribution is 2.27. The molecule has 4 aromatic rings. The van der Waals surface area contributed by atoms with Crippen LogP contribution in [0.5, 0.6) is 0 Å². The SMILES string of the molecule is COC(=O)N(C)NC(=O)c1cc(Cl)cc(C)c1CC(=O)c1cc(Cn2nnc(C(F)(F)F)n2)nn1-c1ccccc1Cl. The van der Waals surface area contributed by atoms with Gasteiger partial charge in [0.05, 0.1) is 23.5 Å². The molecule has 2 heterocycles. The van der Waals surface area contributed by atoms with Crippen LogP contribution < -0.4 is 5.43 Å². The Bertz CT molecular complexity index is 1670. The van der Waals surface area contributed by atoms with Gasteiger partial charge in [0.1, 0.15) is 12.2 Å².